The van der Waals surface area contributed by atoms with Crippen molar-refractivity contribution in [3.63, 3.8) is 0 Å². The number of Topliss-reactive ketones (excluding diaryl/α,β-unsaturated/α-hetero) is 1. The first kappa shape index (κ1) is 77.8. The highest BCUT2D eigenvalue weighted by Crippen LogP contribution is 2.32. The molecule has 4 rings (SSSR count). The largest absolute Gasteiger partial charge is 0.480 e. The molecular formula is C62H90Cl6N6O12. The van der Waals surface area contributed by atoms with Crippen LogP contribution in [0.4, 0.5) is 0 Å². The van der Waals surface area contributed by atoms with Crippen molar-refractivity contribution in [1.82, 2.24) is 20.4 Å². The van der Waals surface area contributed by atoms with Crippen LogP contribution in [-0.4, -0.2) is 150 Å². The number of ketones is 1. The molecule has 3 amide bonds. The number of nitrogens with one attached hydrogen (secondary N) is 2. The summed E-state index contributed by atoms with van der Waals surface area (Å²) in [6.07, 6.45) is 1.20. The Hall–Kier alpha value is -4.31. The molecule has 24 heteroatoms. The fraction of sp³-hybridized carbons (Fsp3) is 0.597. The SMILES string of the molecule is CC(C)(C)OC(=O)[C@@H](N)Cc1ccc(Cl)cc1Cl.CC[C@H](C)[C@@H]([C@@H](CC(=O)N1CCC[C@H]1[C@H](OC)[C@@H](C)C(=O)N[C@@H](Cc1ccc(Cl)cc1Cl)C(=O)O)OC)N(C)C(=O)[C@@H](CC(=O)[C@@H](NC)C(C)C)C(C)C.N[C@@H](Cc1ccc(Cl)cc1Cl)C(=O)O. The highest BCUT2D eigenvalue weighted by molar-refractivity contribution is 6.36. The van der Waals surface area contributed by atoms with Crippen LogP contribution in [0.3, 0.4) is 0 Å². The van der Waals surface area contributed by atoms with Gasteiger partial charge in [-0.05, 0) is 124 Å². The summed E-state index contributed by atoms with van der Waals surface area (Å²) >= 11 is 35.6. The highest BCUT2D eigenvalue weighted by Gasteiger charge is 2.44. The summed E-state index contributed by atoms with van der Waals surface area (Å²) < 4.78 is 17.1. The molecule has 0 unspecified atom stereocenters. The third-order valence-corrected chi connectivity index (χ3v) is 16.9. The van der Waals surface area contributed by atoms with Crippen molar-refractivity contribution in [3.8, 4) is 0 Å². The van der Waals surface area contributed by atoms with Crippen LogP contribution in [0.25, 0.3) is 0 Å². The lowest BCUT2D eigenvalue weighted by molar-refractivity contribution is -0.156. The number of ether oxygens (including phenoxy) is 3. The second-order valence-electron chi connectivity index (χ2n) is 23.4. The van der Waals surface area contributed by atoms with Crippen molar-refractivity contribution in [2.45, 2.75) is 175 Å². The fourth-order valence-electron chi connectivity index (χ4n) is 10.2. The summed E-state index contributed by atoms with van der Waals surface area (Å²) in [5.74, 6) is -4.99. The van der Waals surface area contributed by atoms with Crippen LogP contribution in [0.15, 0.2) is 54.6 Å². The minimum atomic E-state index is -1.26. The van der Waals surface area contributed by atoms with E-state index in [0.29, 0.717) is 67.1 Å². The van der Waals surface area contributed by atoms with Gasteiger partial charge in [0, 0.05) is 76.7 Å². The Morgan fingerprint density at radius 2 is 1.21 bits per heavy atom. The first-order valence-electron chi connectivity index (χ1n) is 28.7. The number of benzene rings is 3. The van der Waals surface area contributed by atoms with E-state index in [1.807, 2.05) is 41.5 Å². The average Bonchev–Trinajstić information content (AvgIpc) is 2.98. The molecule has 0 aromatic heterocycles. The second-order valence-corrected chi connectivity index (χ2v) is 26.0. The van der Waals surface area contributed by atoms with E-state index in [9.17, 15) is 38.7 Å². The van der Waals surface area contributed by atoms with E-state index >= 15 is 0 Å². The highest BCUT2D eigenvalue weighted by atomic mass is 35.5. The summed E-state index contributed by atoms with van der Waals surface area (Å²) in [6.45, 7) is 19.4. The van der Waals surface area contributed by atoms with Crippen molar-refractivity contribution < 1.29 is 58.0 Å². The zero-order valence-corrected chi connectivity index (χ0v) is 56.4. The zero-order chi connectivity index (χ0) is 65.7. The molecule has 482 valence electrons. The maximum atomic E-state index is 14.2. The van der Waals surface area contributed by atoms with Crippen LogP contribution in [-0.2, 0) is 67.0 Å². The number of methoxy groups -OCH3 is 2. The third-order valence-electron chi connectivity index (χ3n) is 15.1. The van der Waals surface area contributed by atoms with Crippen molar-refractivity contribution in [2.75, 3.05) is 34.9 Å². The van der Waals surface area contributed by atoms with Gasteiger partial charge in [0.1, 0.15) is 23.7 Å². The molecule has 86 heavy (non-hydrogen) atoms. The van der Waals surface area contributed by atoms with Gasteiger partial charge in [-0.15, -0.1) is 0 Å². The molecule has 1 heterocycles. The number of carboxylic acids is 2. The van der Waals surface area contributed by atoms with Crippen LogP contribution in [0.1, 0.15) is 118 Å². The van der Waals surface area contributed by atoms with E-state index in [2.05, 4.69) is 10.6 Å². The van der Waals surface area contributed by atoms with Crippen LogP contribution in [0, 0.1) is 29.6 Å². The third kappa shape index (κ3) is 24.6. The van der Waals surface area contributed by atoms with Crippen LogP contribution < -0.4 is 22.1 Å². The molecular weight excluding hydrogens is 1230 g/mol. The topological polar surface area (TPSA) is 270 Å². The van der Waals surface area contributed by atoms with Crippen molar-refractivity contribution in [1.29, 1.82) is 0 Å². The predicted molar refractivity (Wildman–Crippen MR) is 341 cm³/mol. The number of aliphatic carboxylic acids is 2. The van der Waals surface area contributed by atoms with E-state index in [0.717, 1.165) is 12.0 Å². The van der Waals surface area contributed by atoms with E-state index in [4.69, 9.17) is 100 Å². The number of carbonyl (C=O) groups is 7. The van der Waals surface area contributed by atoms with Crippen molar-refractivity contribution in [3.05, 3.63) is 101 Å². The normalized spacial score (nSPS) is 16.8. The summed E-state index contributed by atoms with van der Waals surface area (Å²) in [5.41, 5.74) is 12.6. The molecule has 3 aromatic rings. The molecule has 1 fully saturated rings. The molecule has 1 aliphatic rings. The summed E-state index contributed by atoms with van der Waals surface area (Å²) in [4.78, 5) is 93.0. The fourth-order valence-corrected chi connectivity index (χ4v) is 11.6. The maximum absolute atomic E-state index is 14.2. The molecule has 0 spiro atoms. The Kier molecular flexibility index (Phi) is 33.5. The van der Waals surface area contributed by atoms with E-state index in [1.165, 1.54) is 20.3 Å². The number of nitrogens with two attached hydrogens (primary N) is 2. The molecule has 1 saturated heterocycles. The lowest BCUT2D eigenvalue weighted by Gasteiger charge is -2.41. The van der Waals surface area contributed by atoms with Crippen molar-refractivity contribution >= 4 is 111 Å². The number of rotatable bonds is 28. The number of hydrogen-bond acceptors (Lipinski definition) is 13. The molecule has 0 aliphatic carbocycles. The van der Waals surface area contributed by atoms with Gasteiger partial charge in [0.25, 0.3) is 0 Å². The molecule has 18 nitrogen and oxygen atoms in total. The number of nitrogens with zero attached hydrogens (tertiary/aromatic N) is 2. The standard InChI is InChI=1S/C40H64Cl2N4O8.C13H17Cl2NO2.C9H9Cl2NO2/c1-12-24(6)36(45(9)39(50)28(22(2)3)20-32(47)35(43-8)23(4)5)33(53-10)21-34(48)46-17-13-14-31(46)37(54-11)25(7)38(49)44-30(40(51)52)18-26-15-16-27(41)19-29(26)42;1-13(2,3)18-12(17)11(16)6-8-4-5-9(14)7-10(8)15;10-6-2-1-5(7(11)4-6)3-8(12)9(13)14/h15-16,19,22-25,28,30-31,33,35-37,43H,12-14,17-18,20-21H2,1-11H3,(H,44,49)(H,51,52);4-5,7,11H,6,16H2,1-3H3;1-2,4,8H,3,12H2,(H,13,14)/t24-,25+,28-,30-,31-,33+,35-,36-,37+;11-;8-/m000/s1. The summed E-state index contributed by atoms with van der Waals surface area (Å²) in [5, 5.41) is 27.0. The Balaban J connectivity index is 0.000000632. The van der Waals surface area contributed by atoms with Crippen LogP contribution >= 0.6 is 69.6 Å². The molecule has 11 atom stereocenters. The van der Waals surface area contributed by atoms with E-state index in [-0.39, 0.29) is 67.1 Å². The van der Waals surface area contributed by atoms with Gasteiger partial charge in [0.15, 0.2) is 5.78 Å². The number of likely N-dealkylation sites (tertiary alicyclic amines) is 1. The Morgan fingerprint density at radius 3 is 1.60 bits per heavy atom. The smallest absolute Gasteiger partial charge is 0.326 e. The molecule has 0 bridgehead atoms. The van der Waals surface area contributed by atoms with Crippen LogP contribution in [0.5, 0.6) is 0 Å². The first-order chi connectivity index (χ1) is 40.0. The first-order valence-corrected chi connectivity index (χ1v) is 30.9. The van der Waals surface area contributed by atoms with E-state index in [1.54, 1.807) is 100 Å². The number of amides is 3. The quantitative estimate of drug-likeness (QED) is 0.0369. The van der Waals surface area contributed by atoms with Gasteiger partial charge in [0.2, 0.25) is 17.7 Å². The van der Waals surface area contributed by atoms with Gasteiger partial charge >= 0.3 is 17.9 Å². The Bertz CT molecular complexity index is 2730. The van der Waals surface area contributed by atoms with Gasteiger partial charge in [-0.1, -0.05) is 143 Å². The number of hydrogen-bond donors (Lipinski definition) is 6. The molecule has 1 aliphatic heterocycles. The van der Waals surface area contributed by atoms with E-state index < -0.39 is 83.7 Å². The second kappa shape index (κ2) is 37.0. The van der Waals surface area contributed by atoms with Crippen molar-refractivity contribution in [2.24, 2.45) is 41.1 Å². The molecule has 0 saturated carbocycles. The van der Waals surface area contributed by atoms with Crippen LogP contribution in [0.2, 0.25) is 30.1 Å². The number of esters is 1. The number of halogens is 6. The Labute approximate surface area is 538 Å². The summed E-state index contributed by atoms with van der Waals surface area (Å²) in [6, 6.07) is 10.5. The minimum Gasteiger partial charge on any atom is -0.480 e. The van der Waals surface area contributed by atoms with Gasteiger partial charge in [-0.2, -0.15) is 0 Å². The van der Waals surface area contributed by atoms with Gasteiger partial charge in [-0.25, -0.2) is 4.79 Å². The lowest BCUT2D eigenvalue weighted by Crippen LogP contribution is -2.55. The monoisotopic (exact) mass is 1320 g/mol. The molecule has 3 aromatic carbocycles. The predicted octanol–water partition coefficient (Wildman–Crippen LogP) is 10.7. The maximum Gasteiger partial charge on any atom is 0.326 e. The van der Waals surface area contributed by atoms with Gasteiger partial charge < -0.3 is 56.3 Å². The van der Waals surface area contributed by atoms with Gasteiger partial charge in [0.05, 0.1) is 42.7 Å². The zero-order valence-electron chi connectivity index (χ0n) is 51.9. The van der Waals surface area contributed by atoms with Gasteiger partial charge in [-0.3, -0.25) is 28.8 Å². The minimum absolute atomic E-state index is 0.00775. The average molecular weight is 1320 g/mol. The molecule has 0 radical (unpaired) electrons. The lowest BCUT2D eigenvalue weighted by atomic mass is 9.84. The Morgan fingerprint density at radius 1 is 0.721 bits per heavy atom. The molecule has 8 N–H and O–H groups in total. The number of carboxylic acid groups (broad SMARTS) is 2. The number of carbonyl (C=O) groups excluding carboxylic acids is 5. The number of likely N-dealkylation sites (N-methyl/N-ethyl adjacent to an activating group) is 2. The summed E-state index contributed by atoms with van der Waals surface area (Å²) in [7, 11) is 6.51.